The largest absolute Gasteiger partial charge is 0.391 e. The predicted octanol–water partition coefficient (Wildman–Crippen LogP) is 6.12. The molecule has 3 amide bonds. The molecule has 3 N–H and O–H groups in total. The predicted molar refractivity (Wildman–Crippen MR) is 254 cm³/mol. The van der Waals surface area contributed by atoms with Crippen LogP contribution in [0.3, 0.4) is 0 Å². The van der Waals surface area contributed by atoms with Crippen molar-refractivity contribution in [2.75, 3.05) is 33.0 Å². The van der Waals surface area contributed by atoms with Crippen molar-refractivity contribution in [3.63, 3.8) is 0 Å². The Kier molecular flexibility index (Phi) is 15.1. The number of fused-ring (bicyclic) bond motifs is 2. The number of carbonyl (C=O) groups excluding carboxylic acids is 3. The Morgan fingerprint density at radius 3 is 2.49 bits per heavy atom. The summed E-state index contributed by atoms with van der Waals surface area (Å²) < 4.78 is 46.0. The van der Waals surface area contributed by atoms with Crippen LogP contribution in [-0.4, -0.2) is 118 Å². The fourth-order valence-corrected chi connectivity index (χ4v) is 8.94. The number of nitrogens with zero attached hydrogens (tertiary/aromatic N) is 9. The zero-order valence-corrected chi connectivity index (χ0v) is 39.7. The average molecular weight is 964 g/mol. The van der Waals surface area contributed by atoms with E-state index in [1.165, 1.54) is 17.0 Å². The number of β-amino-alcohol motifs (C(OH)–C–C–N with tert-alkyl or cyclic N) is 1. The SMILES string of the molecule is Cc1ncsc1-c1ccc(CNC(=O)[C@@H]2C[C@@H](O)CN2C(=O)[C@@H](NC(=O)CCOCCCOCCCn2cc(-c3ccc4nnc(C(F)(F)c5ccc6ncccc6c5)n4n3)cn2)C(C)(C)C)cc1. The van der Waals surface area contributed by atoms with Crippen molar-refractivity contribution in [3.8, 4) is 21.7 Å². The van der Waals surface area contributed by atoms with Crippen molar-refractivity contribution in [3.05, 3.63) is 113 Å². The summed E-state index contributed by atoms with van der Waals surface area (Å²) in [6.07, 6.45) is 5.54. The minimum absolute atomic E-state index is 0.0142. The van der Waals surface area contributed by atoms with Crippen LogP contribution in [0.25, 0.3) is 38.2 Å². The second-order valence-electron chi connectivity index (χ2n) is 18.1. The number of nitrogens with one attached hydrogen (secondary N) is 2. The highest BCUT2D eigenvalue weighted by Crippen LogP contribution is 2.36. The summed E-state index contributed by atoms with van der Waals surface area (Å²) in [4.78, 5) is 51.5. The van der Waals surface area contributed by atoms with Gasteiger partial charge in [-0.3, -0.25) is 24.0 Å². The van der Waals surface area contributed by atoms with Crippen LogP contribution in [0.1, 0.15) is 69.1 Å². The number of aliphatic hydroxyl groups excluding tert-OH is 1. The number of hydrogen-bond donors (Lipinski definition) is 3. The number of pyridine rings is 1. The fraction of sp³-hybridized carbons (Fsp3) is 0.408. The van der Waals surface area contributed by atoms with Gasteiger partial charge in [-0.05, 0) is 66.6 Å². The molecule has 1 aliphatic rings. The zero-order chi connectivity index (χ0) is 48.7. The van der Waals surface area contributed by atoms with E-state index >= 15 is 8.78 Å². The van der Waals surface area contributed by atoms with Crippen LogP contribution in [0, 0.1) is 12.3 Å². The lowest BCUT2D eigenvalue weighted by Crippen LogP contribution is -2.57. The van der Waals surface area contributed by atoms with E-state index in [2.05, 4.69) is 41.0 Å². The molecular formula is C49H55F2N11O6S. The molecule has 8 rings (SSSR count). The summed E-state index contributed by atoms with van der Waals surface area (Å²) in [6.45, 7) is 9.69. The molecule has 5 aromatic heterocycles. The Morgan fingerprint density at radius 1 is 0.942 bits per heavy atom. The number of aromatic nitrogens is 8. The Labute approximate surface area is 401 Å². The Hall–Kier alpha value is -6.61. The van der Waals surface area contributed by atoms with Gasteiger partial charge in [0, 0.05) is 81.2 Å². The van der Waals surface area contributed by atoms with Crippen LogP contribution in [0.2, 0.25) is 0 Å². The third kappa shape index (κ3) is 11.6. The number of hydrogen-bond acceptors (Lipinski definition) is 13. The maximum absolute atomic E-state index is 15.8. The number of carbonyl (C=O) groups is 3. The second kappa shape index (κ2) is 21.4. The lowest BCUT2D eigenvalue weighted by atomic mass is 9.85. The number of amides is 3. The second-order valence-corrected chi connectivity index (χ2v) is 19.0. The maximum Gasteiger partial charge on any atom is 0.333 e. The first-order chi connectivity index (χ1) is 33.2. The average Bonchev–Trinajstić information content (AvgIpc) is 4.17. The van der Waals surface area contributed by atoms with Crippen LogP contribution in [-0.2, 0) is 42.9 Å². The molecule has 362 valence electrons. The van der Waals surface area contributed by atoms with Gasteiger partial charge in [0.25, 0.3) is 0 Å². The molecule has 20 heteroatoms. The zero-order valence-electron chi connectivity index (χ0n) is 38.8. The standard InChI is InChI=1S/C49H55F2N11O6S/c1-31-43(69-30-54-31)33-11-9-32(10-12-33)26-53-45(65)40-25-37(63)29-61(40)46(66)44(48(2,3)4)56-42(64)17-23-68-22-7-21-67-20-6-19-60-28-35(27-55-60)39-15-16-41-57-58-47(62(41)59-39)49(50,51)36-13-14-38-34(24-36)8-5-18-52-38/h5,8-16,18,24,27-28,30,37,40,44,63H,6-7,17,19-23,25-26,29H2,1-4H3,(H,53,65)(H,56,64)/t37-,40+,44-/m1/s1. The first-order valence-corrected chi connectivity index (χ1v) is 23.7. The van der Waals surface area contributed by atoms with Crippen LogP contribution in [0.5, 0.6) is 0 Å². The number of thiazole rings is 1. The highest BCUT2D eigenvalue weighted by atomic mass is 32.1. The smallest absolute Gasteiger partial charge is 0.333 e. The molecule has 0 unspecified atom stereocenters. The van der Waals surface area contributed by atoms with Gasteiger partial charge in [0.05, 0.1) is 46.2 Å². The van der Waals surface area contributed by atoms with E-state index in [0.717, 1.165) is 26.2 Å². The van der Waals surface area contributed by atoms with Gasteiger partial charge in [0.15, 0.2) is 5.65 Å². The van der Waals surface area contributed by atoms with Gasteiger partial charge < -0.3 is 30.1 Å². The molecule has 1 saturated heterocycles. The molecule has 0 radical (unpaired) electrons. The summed E-state index contributed by atoms with van der Waals surface area (Å²) in [5, 5.41) is 33.6. The van der Waals surface area contributed by atoms with E-state index in [1.807, 2.05) is 57.5 Å². The van der Waals surface area contributed by atoms with E-state index in [0.29, 0.717) is 61.4 Å². The minimum Gasteiger partial charge on any atom is -0.391 e. The van der Waals surface area contributed by atoms with E-state index in [9.17, 15) is 19.5 Å². The van der Waals surface area contributed by atoms with Crippen molar-refractivity contribution in [1.29, 1.82) is 0 Å². The van der Waals surface area contributed by atoms with Gasteiger partial charge in [0.2, 0.25) is 23.5 Å². The number of alkyl halides is 2. The van der Waals surface area contributed by atoms with Crippen molar-refractivity contribution in [1.82, 2.24) is 55.1 Å². The number of ether oxygens (including phenoxy) is 2. The molecule has 0 bridgehead atoms. The quantitative estimate of drug-likeness (QED) is 0.0740. The molecule has 0 aliphatic carbocycles. The Morgan fingerprint density at radius 2 is 1.72 bits per heavy atom. The topological polar surface area (TPSA) is 204 Å². The molecule has 17 nitrogen and oxygen atoms in total. The third-order valence-corrected chi connectivity index (χ3v) is 12.9. The van der Waals surface area contributed by atoms with E-state index < -0.39 is 41.3 Å². The van der Waals surface area contributed by atoms with Gasteiger partial charge in [-0.2, -0.15) is 23.5 Å². The number of aliphatic hydroxyl groups is 1. The molecule has 3 atom stereocenters. The van der Waals surface area contributed by atoms with Crippen LogP contribution < -0.4 is 10.6 Å². The van der Waals surface area contributed by atoms with E-state index in [-0.39, 0.29) is 55.6 Å². The molecule has 6 heterocycles. The third-order valence-electron chi connectivity index (χ3n) is 11.9. The number of likely N-dealkylation sites (tertiary alicyclic amines) is 1. The van der Waals surface area contributed by atoms with Crippen molar-refractivity contribution in [2.45, 2.75) is 90.6 Å². The van der Waals surface area contributed by atoms with Crippen molar-refractivity contribution in [2.24, 2.45) is 5.41 Å². The Balaban J connectivity index is 0.730. The molecule has 1 aliphatic heterocycles. The highest BCUT2D eigenvalue weighted by Gasteiger charge is 2.44. The van der Waals surface area contributed by atoms with Gasteiger partial charge in [-0.1, -0.05) is 57.2 Å². The first-order valence-electron chi connectivity index (χ1n) is 22.8. The summed E-state index contributed by atoms with van der Waals surface area (Å²) in [5.74, 6) is -5.24. The monoisotopic (exact) mass is 963 g/mol. The van der Waals surface area contributed by atoms with Gasteiger partial charge in [-0.15, -0.1) is 21.5 Å². The van der Waals surface area contributed by atoms with Gasteiger partial charge in [0.1, 0.15) is 12.1 Å². The molecule has 1 fully saturated rings. The highest BCUT2D eigenvalue weighted by molar-refractivity contribution is 7.13. The molecule has 0 spiro atoms. The molecule has 69 heavy (non-hydrogen) atoms. The van der Waals surface area contributed by atoms with Gasteiger partial charge in [-0.25, -0.2) is 4.98 Å². The summed E-state index contributed by atoms with van der Waals surface area (Å²) in [6, 6.07) is 17.0. The van der Waals surface area contributed by atoms with E-state index in [4.69, 9.17) is 9.47 Å². The summed E-state index contributed by atoms with van der Waals surface area (Å²) >= 11 is 1.57. The lowest BCUT2D eigenvalue weighted by Gasteiger charge is -2.35. The maximum atomic E-state index is 15.8. The van der Waals surface area contributed by atoms with E-state index in [1.54, 1.807) is 64.9 Å². The summed E-state index contributed by atoms with van der Waals surface area (Å²) in [5.41, 5.74) is 5.63. The fourth-order valence-electron chi connectivity index (χ4n) is 8.13. The van der Waals surface area contributed by atoms with Crippen LogP contribution >= 0.6 is 11.3 Å². The Bertz CT molecular complexity index is 2900. The summed E-state index contributed by atoms with van der Waals surface area (Å²) in [7, 11) is 0. The van der Waals surface area contributed by atoms with Gasteiger partial charge >= 0.3 is 5.92 Å². The number of rotatable bonds is 20. The molecular weight excluding hydrogens is 909 g/mol. The minimum atomic E-state index is -3.48. The molecule has 2 aromatic carbocycles. The molecule has 0 saturated carbocycles. The number of benzene rings is 2. The first kappa shape index (κ1) is 48.8. The number of aryl methyl sites for hydroxylation is 2. The molecule has 7 aromatic rings. The lowest BCUT2D eigenvalue weighted by molar-refractivity contribution is -0.144. The normalized spacial score (nSPS) is 15.8. The van der Waals surface area contributed by atoms with Crippen LogP contribution in [0.4, 0.5) is 8.78 Å². The van der Waals surface area contributed by atoms with Crippen molar-refractivity contribution >= 4 is 45.6 Å². The van der Waals surface area contributed by atoms with Crippen molar-refractivity contribution < 1.29 is 37.7 Å². The van der Waals surface area contributed by atoms with Crippen LogP contribution in [0.15, 0.2) is 90.8 Å². The number of halogens is 2.